The normalized spacial score (nSPS) is 23.3. The summed E-state index contributed by atoms with van der Waals surface area (Å²) in [6.07, 6.45) is 4.77. The van der Waals surface area contributed by atoms with Gasteiger partial charge >= 0.3 is 0 Å². The Hall–Kier alpha value is -0.0700. The number of rotatable bonds is 5. The summed E-state index contributed by atoms with van der Waals surface area (Å²) in [5, 5.41) is 6.13. The monoisotopic (exact) mass is 327 g/mol. The molecule has 0 aromatic carbocycles. The van der Waals surface area contributed by atoms with E-state index in [-0.39, 0.29) is 36.8 Å². The summed E-state index contributed by atoms with van der Waals surface area (Å²) in [5.74, 6) is 0.0286. The maximum Gasteiger partial charge on any atom is 0.250 e. The van der Waals surface area contributed by atoms with Crippen LogP contribution in [0.3, 0.4) is 0 Å². The van der Waals surface area contributed by atoms with Crippen LogP contribution in [-0.2, 0) is 9.53 Å². The van der Waals surface area contributed by atoms with Gasteiger partial charge in [0.15, 0.2) is 0 Å². The lowest BCUT2D eigenvalue weighted by molar-refractivity contribution is -0.134. The second-order valence-electron chi connectivity index (χ2n) is 5.11. The predicted octanol–water partition coefficient (Wildman–Crippen LogP) is 0.811. The number of carbonyl (C=O) groups excluding carboxylic acids is 1. The Morgan fingerprint density at radius 3 is 2.65 bits per heavy atom. The number of halogens is 2. The average molecular weight is 328 g/mol. The number of amides is 1. The first-order valence-electron chi connectivity index (χ1n) is 7.18. The standard InChI is InChI=1S/C13H25N3O2.2ClH/c17-13(12-11-14-6-10-18-12)15-5-4-9-16-7-2-1-3-8-16;;/h12,14H,1-11H2,(H,15,17);2*1H. The number of morpholine rings is 1. The lowest BCUT2D eigenvalue weighted by Crippen LogP contribution is -2.48. The van der Waals surface area contributed by atoms with Crippen molar-refractivity contribution < 1.29 is 9.53 Å². The number of carbonyl (C=O) groups is 1. The van der Waals surface area contributed by atoms with Crippen LogP contribution in [0.25, 0.3) is 0 Å². The van der Waals surface area contributed by atoms with Gasteiger partial charge in [0.2, 0.25) is 5.91 Å². The van der Waals surface area contributed by atoms with Crippen molar-refractivity contribution in [3.8, 4) is 0 Å². The molecule has 2 aliphatic heterocycles. The molecule has 1 unspecified atom stereocenters. The van der Waals surface area contributed by atoms with Gasteiger partial charge in [-0.15, -0.1) is 24.8 Å². The van der Waals surface area contributed by atoms with Crippen LogP contribution in [-0.4, -0.2) is 62.8 Å². The maximum absolute atomic E-state index is 11.8. The van der Waals surface area contributed by atoms with Gasteiger partial charge in [-0.3, -0.25) is 4.79 Å². The van der Waals surface area contributed by atoms with Gasteiger partial charge < -0.3 is 20.3 Å². The number of nitrogens with zero attached hydrogens (tertiary/aromatic N) is 1. The fourth-order valence-electron chi connectivity index (χ4n) is 2.54. The van der Waals surface area contributed by atoms with Gasteiger partial charge in [-0.05, 0) is 38.9 Å². The molecule has 2 N–H and O–H groups in total. The summed E-state index contributed by atoms with van der Waals surface area (Å²) >= 11 is 0. The van der Waals surface area contributed by atoms with E-state index in [1.54, 1.807) is 0 Å². The number of hydrogen-bond donors (Lipinski definition) is 2. The van der Waals surface area contributed by atoms with Crippen molar-refractivity contribution in [3.05, 3.63) is 0 Å². The zero-order valence-corrected chi connectivity index (χ0v) is 13.6. The zero-order valence-electron chi connectivity index (χ0n) is 11.9. The van der Waals surface area contributed by atoms with Crippen molar-refractivity contribution in [2.45, 2.75) is 31.8 Å². The van der Waals surface area contributed by atoms with Gasteiger partial charge in [0.05, 0.1) is 6.61 Å². The Bertz CT molecular complexity index is 258. The summed E-state index contributed by atoms with van der Waals surface area (Å²) in [5.41, 5.74) is 0. The smallest absolute Gasteiger partial charge is 0.250 e. The molecule has 2 fully saturated rings. The molecular formula is C13H27Cl2N3O2. The van der Waals surface area contributed by atoms with E-state index in [1.165, 1.54) is 32.4 Å². The molecule has 2 heterocycles. The SMILES string of the molecule is Cl.Cl.O=C(NCCCN1CCCCC1)C1CNCCO1. The molecule has 1 atom stereocenters. The van der Waals surface area contributed by atoms with Crippen LogP contribution in [0.4, 0.5) is 0 Å². The third-order valence-electron chi connectivity index (χ3n) is 3.62. The molecule has 0 saturated carbocycles. The molecule has 0 radical (unpaired) electrons. The highest BCUT2D eigenvalue weighted by molar-refractivity contribution is 5.85. The Morgan fingerprint density at radius 1 is 1.25 bits per heavy atom. The van der Waals surface area contributed by atoms with E-state index < -0.39 is 0 Å². The topological polar surface area (TPSA) is 53.6 Å². The van der Waals surface area contributed by atoms with Crippen molar-refractivity contribution in [3.63, 3.8) is 0 Å². The average Bonchev–Trinajstić information content (AvgIpc) is 2.45. The summed E-state index contributed by atoms with van der Waals surface area (Å²) < 4.78 is 5.40. The molecule has 2 saturated heterocycles. The molecule has 0 spiro atoms. The molecule has 7 heteroatoms. The van der Waals surface area contributed by atoms with Crippen molar-refractivity contribution in [1.29, 1.82) is 0 Å². The fraction of sp³-hybridized carbons (Fsp3) is 0.923. The van der Waals surface area contributed by atoms with Crippen molar-refractivity contribution in [1.82, 2.24) is 15.5 Å². The Morgan fingerprint density at radius 2 is 2.00 bits per heavy atom. The van der Waals surface area contributed by atoms with Crippen LogP contribution in [0, 0.1) is 0 Å². The number of likely N-dealkylation sites (tertiary alicyclic amines) is 1. The van der Waals surface area contributed by atoms with Crippen molar-refractivity contribution >= 4 is 30.7 Å². The molecular weight excluding hydrogens is 301 g/mol. The summed E-state index contributed by atoms with van der Waals surface area (Å²) in [4.78, 5) is 14.3. The highest BCUT2D eigenvalue weighted by Crippen LogP contribution is 2.08. The largest absolute Gasteiger partial charge is 0.366 e. The minimum Gasteiger partial charge on any atom is -0.366 e. The Kier molecular flexibility index (Phi) is 11.5. The Labute approximate surface area is 134 Å². The van der Waals surface area contributed by atoms with Crippen molar-refractivity contribution in [2.75, 3.05) is 45.9 Å². The minimum atomic E-state index is -0.297. The maximum atomic E-state index is 11.8. The number of ether oxygens (including phenoxy) is 1. The lowest BCUT2D eigenvalue weighted by Gasteiger charge is -2.26. The first kappa shape index (κ1) is 19.9. The van der Waals surface area contributed by atoms with Crippen LogP contribution >= 0.6 is 24.8 Å². The second kappa shape index (κ2) is 11.6. The van der Waals surface area contributed by atoms with E-state index >= 15 is 0 Å². The highest BCUT2D eigenvalue weighted by Gasteiger charge is 2.21. The molecule has 0 aromatic heterocycles. The minimum absolute atomic E-state index is 0. The molecule has 1 amide bonds. The van der Waals surface area contributed by atoms with E-state index in [1.807, 2.05) is 0 Å². The van der Waals surface area contributed by atoms with Gasteiger partial charge in [0.1, 0.15) is 6.10 Å². The molecule has 0 aromatic rings. The molecule has 120 valence electrons. The van der Waals surface area contributed by atoms with E-state index in [0.29, 0.717) is 13.2 Å². The first-order chi connectivity index (χ1) is 8.86. The first-order valence-corrected chi connectivity index (χ1v) is 7.18. The number of nitrogens with one attached hydrogen (secondary N) is 2. The molecule has 0 bridgehead atoms. The number of hydrogen-bond acceptors (Lipinski definition) is 4. The number of piperidine rings is 1. The van der Waals surface area contributed by atoms with E-state index in [4.69, 9.17) is 4.74 Å². The van der Waals surface area contributed by atoms with Crippen LogP contribution in [0.15, 0.2) is 0 Å². The van der Waals surface area contributed by atoms with Gasteiger partial charge in [-0.25, -0.2) is 0 Å². The van der Waals surface area contributed by atoms with Gasteiger partial charge in [-0.1, -0.05) is 6.42 Å². The highest BCUT2D eigenvalue weighted by atomic mass is 35.5. The lowest BCUT2D eigenvalue weighted by atomic mass is 10.1. The summed E-state index contributed by atoms with van der Waals surface area (Å²) in [6.45, 7) is 6.43. The predicted molar refractivity (Wildman–Crippen MR) is 85.0 cm³/mol. The van der Waals surface area contributed by atoms with Gasteiger partial charge in [0.25, 0.3) is 0 Å². The van der Waals surface area contributed by atoms with E-state index in [2.05, 4.69) is 15.5 Å². The molecule has 2 aliphatic rings. The quantitative estimate of drug-likeness (QED) is 0.734. The van der Waals surface area contributed by atoms with Gasteiger partial charge in [-0.2, -0.15) is 0 Å². The molecule has 0 aliphatic carbocycles. The van der Waals surface area contributed by atoms with Crippen LogP contribution < -0.4 is 10.6 Å². The van der Waals surface area contributed by atoms with Gasteiger partial charge in [0, 0.05) is 19.6 Å². The third kappa shape index (κ3) is 7.09. The van der Waals surface area contributed by atoms with Crippen LogP contribution in [0.5, 0.6) is 0 Å². The molecule has 5 nitrogen and oxygen atoms in total. The zero-order chi connectivity index (χ0) is 12.6. The van der Waals surface area contributed by atoms with Crippen LogP contribution in [0.1, 0.15) is 25.7 Å². The fourth-order valence-corrected chi connectivity index (χ4v) is 2.54. The van der Waals surface area contributed by atoms with Crippen LogP contribution in [0.2, 0.25) is 0 Å². The van der Waals surface area contributed by atoms with E-state index in [0.717, 1.165) is 26.1 Å². The second-order valence-corrected chi connectivity index (χ2v) is 5.11. The third-order valence-corrected chi connectivity index (χ3v) is 3.62. The molecule has 20 heavy (non-hydrogen) atoms. The molecule has 2 rings (SSSR count). The van der Waals surface area contributed by atoms with Crippen molar-refractivity contribution in [2.24, 2.45) is 0 Å². The van der Waals surface area contributed by atoms with E-state index in [9.17, 15) is 4.79 Å². The summed E-state index contributed by atoms with van der Waals surface area (Å²) in [6, 6.07) is 0. The Balaban J connectivity index is 0.00000180. The summed E-state index contributed by atoms with van der Waals surface area (Å²) in [7, 11) is 0.